The van der Waals surface area contributed by atoms with E-state index >= 15 is 0 Å². The van der Waals surface area contributed by atoms with Gasteiger partial charge in [-0.1, -0.05) is 29.3 Å². The Morgan fingerprint density at radius 2 is 2.00 bits per heavy atom. The van der Waals surface area contributed by atoms with Crippen molar-refractivity contribution < 1.29 is 9.84 Å². The van der Waals surface area contributed by atoms with Crippen LogP contribution in [0.4, 0.5) is 0 Å². The monoisotopic (exact) mass is 288 g/mol. The first-order valence-corrected chi connectivity index (χ1v) is 6.51. The number of aliphatic hydroxyl groups is 1. The molecule has 1 aromatic heterocycles. The summed E-state index contributed by atoms with van der Waals surface area (Å²) in [4.78, 5) is 0.719. The van der Waals surface area contributed by atoms with Crippen LogP contribution in [-0.2, 0) is 0 Å². The summed E-state index contributed by atoms with van der Waals surface area (Å²) in [6, 6.07) is 6.92. The van der Waals surface area contributed by atoms with Gasteiger partial charge in [0.25, 0.3) is 0 Å². The molecule has 0 amide bonds. The maximum atomic E-state index is 10.2. The minimum absolute atomic E-state index is 0.515. The summed E-state index contributed by atoms with van der Waals surface area (Å²) in [6.07, 6.45) is -0.756. The van der Waals surface area contributed by atoms with E-state index in [-0.39, 0.29) is 0 Å². The summed E-state index contributed by atoms with van der Waals surface area (Å²) in [5.41, 5.74) is 0.704. The Bertz CT molecular complexity index is 525. The van der Waals surface area contributed by atoms with E-state index in [4.69, 9.17) is 27.9 Å². The second kappa shape index (κ2) is 5.27. The molecule has 1 N–H and O–H groups in total. The highest BCUT2D eigenvalue weighted by molar-refractivity contribution is 7.10. The molecule has 1 aromatic carbocycles. The number of hydrogen-bond acceptors (Lipinski definition) is 3. The highest BCUT2D eigenvalue weighted by Crippen LogP contribution is 2.35. The smallest absolute Gasteiger partial charge is 0.137 e. The minimum Gasteiger partial charge on any atom is -0.495 e. The molecule has 2 rings (SSSR count). The molecule has 0 fully saturated rings. The zero-order valence-electron chi connectivity index (χ0n) is 8.98. The third-order valence-corrected chi connectivity index (χ3v) is 4.11. The maximum Gasteiger partial charge on any atom is 0.137 e. The Balaban J connectivity index is 2.38. The fourth-order valence-corrected chi connectivity index (χ4v) is 2.86. The van der Waals surface area contributed by atoms with Crippen molar-refractivity contribution in [2.75, 3.05) is 7.11 Å². The van der Waals surface area contributed by atoms with Crippen molar-refractivity contribution in [3.63, 3.8) is 0 Å². The molecule has 1 atom stereocenters. The van der Waals surface area contributed by atoms with Crippen LogP contribution in [0.5, 0.6) is 5.75 Å². The number of rotatable bonds is 3. The van der Waals surface area contributed by atoms with E-state index < -0.39 is 6.10 Å². The van der Waals surface area contributed by atoms with Crippen molar-refractivity contribution in [1.82, 2.24) is 0 Å². The Kier molecular flexibility index (Phi) is 3.94. The third-order valence-electron chi connectivity index (χ3n) is 2.38. The Labute approximate surface area is 113 Å². The highest BCUT2D eigenvalue weighted by atomic mass is 35.5. The summed E-state index contributed by atoms with van der Waals surface area (Å²) in [6.45, 7) is 0. The van der Waals surface area contributed by atoms with Crippen LogP contribution in [0, 0.1) is 0 Å². The predicted molar refractivity (Wildman–Crippen MR) is 71.4 cm³/mol. The molecule has 5 heteroatoms. The number of halogens is 2. The molecule has 90 valence electrons. The number of benzene rings is 1. The van der Waals surface area contributed by atoms with Crippen molar-refractivity contribution >= 4 is 34.5 Å². The molecular formula is C12H10Cl2O2S. The first kappa shape index (κ1) is 12.7. The Hall–Kier alpha value is -0.740. The summed E-state index contributed by atoms with van der Waals surface area (Å²) in [5, 5.41) is 13.1. The number of aliphatic hydroxyl groups excluding tert-OH is 1. The van der Waals surface area contributed by atoms with Crippen molar-refractivity contribution in [1.29, 1.82) is 0 Å². The first-order chi connectivity index (χ1) is 8.13. The first-order valence-electron chi connectivity index (χ1n) is 4.88. The van der Waals surface area contributed by atoms with Gasteiger partial charge in [0.15, 0.2) is 0 Å². The minimum atomic E-state index is -0.756. The zero-order valence-corrected chi connectivity index (χ0v) is 11.3. The second-order valence-corrected chi connectivity index (χ2v) is 5.19. The van der Waals surface area contributed by atoms with Crippen LogP contribution in [0.2, 0.25) is 10.0 Å². The molecule has 2 nitrogen and oxygen atoms in total. The predicted octanol–water partition coefficient (Wildman–Crippen LogP) is 4.15. The van der Waals surface area contributed by atoms with Gasteiger partial charge in [-0.25, -0.2) is 0 Å². The molecule has 1 heterocycles. The van der Waals surface area contributed by atoms with E-state index in [1.807, 2.05) is 5.38 Å². The molecular weight excluding hydrogens is 279 g/mol. The van der Waals surface area contributed by atoms with Gasteiger partial charge < -0.3 is 9.84 Å². The third kappa shape index (κ3) is 2.58. The molecule has 0 aliphatic rings. The van der Waals surface area contributed by atoms with Gasteiger partial charge in [0.2, 0.25) is 0 Å². The molecule has 1 unspecified atom stereocenters. The molecule has 0 spiro atoms. The summed E-state index contributed by atoms with van der Waals surface area (Å²) < 4.78 is 5.11. The van der Waals surface area contributed by atoms with Crippen LogP contribution in [-0.4, -0.2) is 12.2 Å². The van der Waals surface area contributed by atoms with E-state index in [9.17, 15) is 5.11 Å². The van der Waals surface area contributed by atoms with Crippen LogP contribution in [0.3, 0.4) is 0 Å². The van der Waals surface area contributed by atoms with Crippen molar-refractivity contribution in [2.24, 2.45) is 0 Å². The molecule has 0 bridgehead atoms. The van der Waals surface area contributed by atoms with Gasteiger partial charge in [0.05, 0.1) is 22.0 Å². The average Bonchev–Trinajstić information content (AvgIpc) is 2.75. The van der Waals surface area contributed by atoms with E-state index in [0.717, 1.165) is 4.88 Å². The van der Waals surface area contributed by atoms with Gasteiger partial charge in [-0.2, -0.15) is 0 Å². The van der Waals surface area contributed by atoms with Crippen LogP contribution in [0.1, 0.15) is 16.5 Å². The average molecular weight is 289 g/mol. The summed E-state index contributed by atoms with van der Waals surface area (Å²) in [7, 11) is 1.54. The lowest BCUT2D eigenvalue weighted by atomic mass is 10.1. The van der Waals surface area contributed by atoms with Crippen LogP contribution in [0.25, 0.3) is 0 Å². The normalized spacial score (nSPS) is 12.5. The van der Waals surface area contributed by atoms with E-state index in [1.54, 1.807) is 24.3 Å². The van der Waals surface area contributed by atoms with Gasteiger partial charge in [0, 0.05) is 0 Å². The lowest BCUT2D eigenvalue weighted by Crippen LogP contribution is -1.98. The quantitative estimate of drug-likeness (QED) is 0.920. The fraction of sp³-hybridized carbons (Fsp3) is 0.167. The van der Waals surface area contributed by atoms with Gasteiger partial charge in [0.1, 0.15) is 11.9 Å². The lowest BCUT2D eigenvalue weighted by Gasteiger charge is -2.12. The van der Waals surface area contributed by atoms with Gasteiger partial charge in [-0.15, -0.1) is 11.3 Å². The lowest BCUT2D eigenvalue weighted by molar-refractivity contribution is 0.223. The van der Waals surface area contributed by atoms with Crippen LogP contribution >= 0.6 is 34.5 Å². The van der Waals surface area contributed by atoms with E-state index in [0.29, 0.717) is 21.4 Å². The molecule has 0 saturated heterocycles. The van der Waals surface area contributed by atoms with Gasteiger partial charge >= 0.3 is 0 Å². The standard InChI is InChI=1S/C12H10Cl2O2S/c1-16-10-6-7(2-3-8(10)13)11(15)12-9(14)4-5-17-12/h2-6,11,15H,1H3. The van der Waals surface area contributed by atoms with E-state index in [1.165, 1.54) is 18.4 Å². The van der Waals surface area contributed by atoms with Crippen LogP contribution < -0.4 is 4.74 Å². The molecule has 0 saturated carbocycles. The number of ether oxygens (including phenoxy) is 1. The second-order valence-electron chi connectivity index (χ2n) is 3.43. The molecule has 2 aromatic rings. The Morgan fingerprint density at radius 3 is 2.59 bits per heavy atom. The highest BCUT2D eigenvalue weighted by Gasteiger charge is 2.16. The number of hydrogen-bond donors (Lipinski definition) is 1. The largest absolute Gasteiger partial charge is 0.495 e. The topological polar surface area (TPSA) is 29.5 Å². The SMILES string of the molecule is COc1cc(C(O)c2sccc2Cl)ccc1Cl. The molecule has 0 aliphatic carbocycles. The van der Waals surface area contributed by atoms with Crippen LogP contribution in [0.15, 0.2) is 29.6 Å². The molecule has 0 aliphatic heterocycles. The molecule has 0 radical (unpaired) electrons. The van der Waals surface area contributed by atoms with Crippen molar-refractivity contribution in [3.05, 3.63) is 50.1 Å². The fourth-order valence-electron chi connectivity index (χ4n) is 1.50. The van der Waals surface area contributed by atoms with Gasteiger partial charge in [-0.05, 0) is 29.1 Å². The Morgan fingerprint density at radius 1 is 1.24 bits per heavy atom. The van der Waals surface area contributed by atoms with Gasteiger partial charge in [-0.3, -0.25) is 0 Å². The van der Waals surface area contributed by atoms with Crippen molar-refractivity contribution in [3.8, 4) is 5.75 Å². The molecule has 17 heavy (non-hydrogen) atoms. The number of methoxy groups -OCH3 is 1. The summed E-state index contributed by atoms with van der Waals surface area (Å²) >= 11 is 13.3. The van der Waals surface area contributed by atoms with E-state index in [2.05, 4.69) is 0 Å². The maximum absolute atomic E-state index is 10.2. The summed E-state index contributed by atoms with van der Waals surface area (Å²) in [5.74, 6) is 0.538. The van der Waals surface area contributed by atoms with Crippen molar-refractivity contribution in [2.45, 2.75) is 6.10 Å². The zero-order chi connectivity index (χ0) is 12.4. The number of thiophene rings is 1.